The summed E-state index contributed by atoms with van der Waals surface area (Å²) in [5.41, 5.74) is 3.99. The standard InChI is InChI=1S/C23H22Cl2N2O/c24-14-9-10-18(20(25)13-14)21-16-6-3-5-15(16)17-7-4-8-19(22(17)26-21)23(28)27-11-1-2-12-27/h3-5,7-10,13,15-16,21,26H,1-2,6,11-12H2/t15-,16+,21+/m1/s1. The Labute approximate surface area is 175 Å². The first-order chi connectivity index (χ1) is 13.6. The molecule has 1 N–H and O–H groups in total. The van der Waals surface area contributed by atoms with Crippen LogP contribution in [0.2, 0.25) is 10.0 Å². The maximum absolute atomic E-state index is 13.2. The van der Waals surface area contributed by atoms with Gasteiger partial charge in [-0.1, -0.05) is 53.6 Å². The van der Waals surface area contributed by atoms with Crippen molar-refractivity contribution in [1.29, 1.82) is 0 Å². The minimum absolute atomic E-state index is 0.0461. The normalized spacial score (nSPS) is 25.4. The Kier molecular flexibility index (Phi) is 4.60. The van der Waals surface area contributed by atoms with E-state index in [1.165, 1.54) is 5.56 Å². The average Bonchev–Trinajstić information content (AvgIpc) is 3.39. The summed E-state index contributed by atoms with van der Waals surface area (Å²) < 4.78 is 0. The van der Waals surface area contributed by atoms with E-state index in [0.717, 1.165) is 49.2 Å². The number of hydrogen-bond donors (Lipinski definition) is 1. The van der Waals surface area contributed by atoms with E-state index in [4.69, 9.17) is 23.2 Å². The van der Waals surface area contributed by atoms with Crippen LogP contribution < -0.4 is 5.32 Å². The maximum atomic E-state index is 13.2. The molecule has 1 saturated heterocycles. The lowest BCUT2D eigenvalue weighted by molar-refractivity contribution is 0.0793. The second kappa shape index (κ2) is 7.13. The lowest BCUT2D eigenvalue weighted by Crippen LogP contribution is -2.33. The highest BCUT2D eigenvalue weighted by Crippen LogP contribution is 2.51. The van der Waals surface area contributed by atoms with Gasteiger partial charge in [-0.3, -0.25) is 4.79 Å². The Balaban J connectivity index is 1.59. The molecule has 2 aromatic rings. The van der Waals surface area contributed by atoms with E-state index in [1.807, 2.05) is 29.2 Å². The summed E-state index contributed by atoms with van der Waals surface area (Å²) in [5.74, 6) is 0.797. The number of likely N-dealkylation sites (tertiary alicyclic amines) is 1. The molecule has 1 aliphatic carbocycles. The quantitative estimate of drug-likeness (QED) is 0.608. The highest BCUT2D eigenvalue weighted by molar-refractivity contribution is 6.35. The first-order valence-corrected chi connectivity index (χ1v) is 10.7. The molecule has 3 nitrogen and oxygen atoms in total. The third-order valence-electron chi connectivity index (χ3n) is 6.32. The zero-order valence-electron chi connectivity index (χ0n) is 15.5. The maximum Gasteiger partial charge on any atom is 0.255 e. The van der Waals surface area contributed by atoms with E-state index in [-0.39, 0.29) is 11.9 Å². The number of nitrogens with one attached hydrogen (secondary N) is 1. The van der Waals surface area contributed by atoms with E-state index >= 15 is 0 Å². The van der Waals surface area contributed by atoms with Crippen molar-refractivity contribution in [3.63, 3.8) is 0 Å². The van der Waals surface area contributed by atoms with Gasteiger partial charge in [0.1, 0.15) is 0 Å². The van der Waals surface area contributed by atoms with Crippen LogP contribution in [-0.4, -0.2) is 23.9 Å². The van der Waals surface area contributed by atoms with Crippen molar-refractivity contribution in [2.24, 2.45) is 5.92 Å². The third kappa shape index (κ3) is 2.92. The fourth-order valence-electron chi connectivity index (χ4n) is 4.95. The number of hydrogen-bond acceptors (Lipinski definition) is 2. The van der Waals surface area contributed by atoms with Gasteiger partial charge >= 0.3 is 0 Å². The Bertz CT molecular complexity index is 965. The van der Waals surface area contributed by atoms with Gasteiger partial charge in [0.05, 0.1) is 17.3 Å². The van der Waals surface area contributed by atoms with Gasteiger partial charge < -0.3 is 10.2 Å². The molecular formula is C23H22Cl2N2O. The topological polar surface area (TPSA) is 32.3 Å². The minimum Gasteiger partial charge on any atom is -0.377 e. The molecule has 5 heteroatoms. The van der Waals surface area contributed by atoms with Gasteiger partial charge in [-0.05, 0) is 54.5 Å². The molecule has 2 aliphatic heterocycles. The summed E-state index contributed by atoms with van der Waals surface area (Å²) >= 11 is 12.7. The molecule has 2 aromatic carbocycles. The minimum atomic E-state index is 0.0461. The van der Waals surface area contributed by atoms with Crippen LogP contribution in [0.4, 0.5) is 5.69 Å². The SMILES string of the molecule is O=C(c1cccc2c1N[C@H](c1ccc(Cl)cc1Cl)[C@H]1CC=C[C@@H]21)N1CCCC1. The Hall–Kier alpha value is -1.97. The Morgan fingerprint density at radius 2 is 1.89 bits per heavy atom. The van der Waals surface area contributed by atoms with E-state index in [0.29, 0.717) is 21.9 Å². The lowest BCUT2D eigenvalue weighted by atomic mass is 9.76. The number of fused-ring (bicyclic) bond motifs is 3. The van der Waals surface area contributed by atoms with Gasteiger partial charge in [-0.2, -0.15) is 0 Å². The number of para-hydroxylation sites is 1. The van der Waals surface area contributed by atoms with Crippen LogP contribution in [0.3, 0.4) is 0 Å². The summed E-state index contributed by atoms with van der Waals surface area (Å²) in [6, 6.07) is 11.9. The lowest BCUT2D eigenvalue weighted by Gasteiger charge is -2.39. The number of rotatable bonds is 2. The van der Waals surface area contributed by atoms with Gasteiger partial charge in [0, 0.05) is 29.1 Å². The smallest absolute Gasteiger partial charge is 0.255 e. The molecule has 1 amide bonds. The van der Waals surface area contributed by atoms with Gasteiger partial charge in [0.2, 0.25) is 0 Å². The molecule has 0 saturated carbocycles. The number of halogens is 2. The van der Waals surface area contributed by atoms with Gasteiger partial charge in [0.15, 0.2) is 0 Å². The fourth-order valence-corrected chi connectivity index (χ4v) is 5.48. The Morgan fingerprint density at radius 3 is 2.68 bits per heavy atom. The summed E-state index contributed by atoms with van der Waals surface area (Å²) in [5, 5.41) is 5.01. The highest BCUT2D eigenvalue weighted by atomic mass is 35.5. The van der Waals surface area contributed by atoms with Crippen LogP contribution in [0, 0.1) is 5.92 Å². The molecule has 144 valence electrons. The molecule has 1 fully saturated rings. The molecule has 0 aromatic heterocycles. The summed E-state index contributed by atoms with van der Waals surface area (Å²) in [6.45, 7) is 1.70. The first-order valence-electron chi connectivity index (χ1n) is 9.94. The van der Waals surface area contributed by atoms with Crippen LogP contribution in [-0.2, 0) is 0 Å². The molecule has 5 rings (SSSR count). The van der Waals surface area contributed by atoms with Gasteiger partial charge in [-0.15, -0.1) is 0 Å². The fraction of sp³-hybridized carbons (Fsp3) is 0.348. The molecule has 2 heterocycles. The molecule has 3 aliphatic rings. The van der Waals surface area contributed by atoms with Crippen molar-refractivity contribution in [3.05, 3.63) is 75.3 Å². The summed E-state index contributed by atoms with van der Waals surface area (Å²) in [4.78, 5) is 15.2. The van der Waals surface area contributed by atoms with Crippen molar-refractivity contribution in [2.45, 2.75) is 31.2 Å². The molecule has 28 heavy (non-hydrogen) atoms. The van der Waals surface area contributed by atoms with E-state index in [1.54, 1.807) is 6.07 Å². The van der Waals surface area contributed by atoms with E-state index in [2.05, 4.69) is 23.5 Å². The van der Waals surface area contributed by atoms with Crippen molar-refractivity contribution < 1.29 is 4.79 Å². The van der Waals surface area contributed by atoms with Crippen LogP contribution in [0.15, 0.2) is 48.6 Å². The largest absolute Gasteiger partial charge is 0.377 e. The van der Waals surface area contributed by atoms with E-state index < -0.39 is 0 Å². The van der Waals surface area contributed by atoms with Crippen molar-refractivity contribution in [2.75, 3.05) is 18.4 Å². The Morgan fingerprint density at radius 1 is 1.07 bits per heavy atom. The molecule has 0 unspecified atom stereocenters. The van der Waals surface area contributed by atoms with Gasteiger partial charge in [0.25, 0.3) is 5.91 Å². The van der Waals surface area contributed by atoms with Crippen molar-refractivity contribution in [3.8, 4) is 0 Å². The molecule has 0 bridgehead atoms. The van der Waals surface area contributed by atoms with Crippen LogP contribution in [0.5, 0.6) is 0 Å². The summed E-state index contributed by atoms with van der Waals surface area (Å²) in [6.07, 6.45) is 7.70. The number of amides is 1. The number of carbonyl (C=O) groups excluding carboxylic acids is 1. The highest BCUT2D eigenvalue weighted by Gasteiger charge is 2.40. The van der Waals surface area contributed by atoms with Gasteiger partial charge in [-0.25, -0.2) is 0 Å². The number of nitrogens with zero attached hydrogens (tertiary/aromatic N) is 1. The molecule has 3 atom stereocenters. The van der Waals surface area contributed by atoms with Crippen molar-refractivity contribution in [1.82, 2.24) is 4.90 Å². The van der Waals surface area contributed by atoms with Crippen molar-refractivity contribution >= 4 is 34.8 Å². The van der Waals surface area contributed by atoms with Crippen LogP contribution in [0.1, 0.15) is 52.7 Å². The number of anilines is 1. The zero-order valence-corrected chi connectivity index (χ0v) is 17.0. The summed E-state index contributed by atoms with van der Waals surface area (Å²) in [7, 11) is 0. The predicted molar refractivity (Wildman–Crippen MR) is 114 cm³/mol. The van der Waals surface area contributed by atoms with E-state index in [9.17, 15) is 4.79 Å². The second-order valence-electron chi connectivity index (χ2n) is 7.91. The molecule has 0 spiro atoms. The third-order valence-corrected chi connectivity index (χ3v) is 6.88. The molecular weight excluding hydrogens is 391 g/mol. The second-order valence-corrected chi connectivity index (χ2v) is 8.75. The number of allylic oxidation sites excluding steroid dienone is 2. The zero-order chi connectivity index (χ0) is 19.3. The first kappa shape index (κ1) is 18.1. The van der Waals surface area contributed by atoms with Crippen LogP contribution in [0.25, 0.3) is 0 Å². The monoisotopic (exact) mass is 412 g/mol. The number of carbonyl (C=O) groups is 1. The number of benzene rings is 2. The van der Waals surface area contributed by atoms with Crippen LogP contribution >= 0.6 is 23.2 Å². The average molecular weight is 413 g/mol. The molecule has 0 radical (unpaired) electrons. The predicted octanol–water partition coefficient (Wildman–Crippen LogP) is 6.06.